The summed E-state index contributed by atoms with van der Waals surface area (Å²) in [6.07, 6.45) is 0.863. The molecule has 0 saturated carbocycles. The van der Waals surface area contributed by atoms with Gasteiger partial charge < -0.3 is 5.73 Å². The van der Waals surface area contributed by atoms with Crippen molar-refractivity contribution >= 4 is 39.0 Å². The van der Waals surface area contributed by atoms with E-state index in [0.29, 0.717) is 17.9 Å². The third-order valence-corrected chi connectivity index (χ3v) is 4.29. The zero-order valence-corrected chi connectivity index (χ0v) is 14.1. The van der Waals surface area contributed by atoms with Gasteiger partial charge in [0.15, 0.2) is 0 Å². The van der Waals surface area contributed by atoms with Crippen LogP contribution in [-0.4, -0.2) is 5.78 Å². The standard InChI is InChI=1S/C17H17BrClNO/c1-11(12-3-6-15(20)7-4-12)8-16(21)9-13-2-5-14(18)10-17(13)19/h2-7,10-11H,8-9,20H2,1H3. The lowest BCUT2D eigenvalue weighted by Crippen LogP contribution is -2.08. The number of carbonyl (C=O) groups excluding carboxylic acids is 1. The maximum atomic E-state index is 12.2. The molecule has 2 rings (SSSR count). The Bertz CT molecular complexity index is 640. The molecule has 110 valence electrons. The van der Waals surface area contributed by atoms with Crippen LogP contribution in [0.1, 0.15) is 30.4 Å². The number of Topliss-reactive ketones (excluding diaryl/α,β-unsaturated/α-hetero) is 1. The predicted octanol–water partition coefficient (Wildman–Crippen LogP) is 4.99. The Labute approximate surface area is 138 Å². The Morgan fingerprint density at radius 2 is 1.90 bits per heavy atom. The fourth-order valence-electron chi connectivity index (χ4n) is 2.23. The van der Waals surface area contributed by atoms with Crippen LogP contribution in [-0.2, 0) is 11.2 Å². The van der Waals surface area contributed by atoms with Gasteiger partial charge in [0.1, 0.15) is 5.78 Å². The van der Waals surface area contributed by atoms with Crippen molar-refractivity contribution in [1.82, 2.24) is 0 Å². The number of halogens is 2. The van der Waals surface area contributed by atoms with Crippen molar-refractivity contribution in [1.29, 1.82) is 0 Å². The number of nitrogens with two attached hydrogens (primary N) is 1. The van der Waals surface area contributed by atoms with Crippen molar-refractivity contribution in [2.75, 3.05) is 5.73 Å². The van der Waals surface area contributed by atoms with Gasteiger partial charge in [0.25, 0.3) is 0 Å². The normalized spacial score (nSPS) is 12.1. The predicted molar refractivity (Wildman–Crippen MR) is 91.7 cm³/mol. The summed E-state index contributed by atoms with van der Waals surface area (Å²) in [6, 6.07) is 13.3. The minimum atomic E-state index is 0.173. The molecule has 4 heteroatoms. The van der Waals surface area contributed by atoms with Crippen molar-refractivity contribution in [3.63, 3.8) is 0 Å². The van der Waals surface area contributed by atoms with Crippen LogP contribution in [0.3, 0.4) is 0 Å². The van der Waals surface area contributed by atoms with Crippen molar-refractivity contribution < 1.29 is 4.79 Å². The Kier molecular flexibility index (Phi) is 5.43. The highest BCUT2D eigenvalue weighted by Crippen LogP contribution is 2.25. The molecule has 2 N–H and O–H groups in total. The maximum absolute atomic E-state index is 12.2. The Balaban J connectivity index is 1.99. The van der Waals surface area contributed by atoms with Gasteiger partial charge in [0.2, 0.25) is 0 Å². The van der Waals surface area contributed by atoms with E-state index in [0.717, 1.165) is 21.3 Å². The SMILES string of the molecule is CC(CC(=O)Cc1ccc(Br)cc1Cl)c1ccc(N)cc1. The van der Waals surface area contributed by atoms with E-state index in [-0.39, 0.29) is 11.7 Å². The van der Waals surface area contributed by atoms with Gasteiger partial charge in [-0.2, -0.15) is 0 Å². The summed E-state index contributed by atoms with van der Waals surface area (Å²) in [7, 11) is 0. The second kappa shape index (κ2) is 7.10. The second-order valence-electron chi connectivity index (χ2n) is 5.22. The van der Waals surface area contributed by atoms with Gasteiger partial charge in [-0.05, 0) is 41.3 Å². The molecule has 0 aliphatic carbocycles. The Morgan fingerprint density at radius 1 is 1.24 bits per heavy atom. The molecular formula is C17H17BrClNO. The number of hydrogen-bond donors (Lipinski definition) is 1. The van der Waals surface area contributed by atoms with Crippen LogP contribution in [0.4, 0.5) is 5.69 Å². The van der Waals surface area contributed by atoms with Crippen LogP contribution < -0.4 is 5.73 Å². The molecule has 0 radical (unpaired) electrons. The van der Waals surface area contributed by atoms with Crippen LogP contribution in [0, 0.1) is 0 Å². The second-order valence-corrected chi connectivity index (χ2v) is 6.55. The summed E-state index contributed by atoms with van der Waals surface area (Å²) in [6.45, 7) is 2.05. The van der Waals surface area contributed by atoms with E-state index >= 15 is 0 Å². The van der Waals surface area contributed by atoms with Crippen LogP contribution in [0.2, 0.25) is 5.02 Å². The van der Waals surface area contributed by atoms with E-state index in [2.05, 4.69) is 15.9 Å². The van der Waals surface area contributed by atoms with E-state index in [1.54, 1.807) is 0 Å². The van der Waals surface area contributed by atoms with Gasteiger partial charge in [0, 0.05) is 28.0 Å². The molecule has 2 nitrogen and oxygen atoms in total. The van der Waals surface area contributed by atoms with Gasteiger partial charge in [0.05, 0.1) is 0 Å². The highest BCUT2D eigenvalue weighted by molar-refractivity contribution is 9.10. The molecule has 0 heterocycles. The van der Waals surface area contributed by atoms with Gasteiger partial charge >= 0.3 is 0 Å². The van der Waals surface area contributed by atoms with Gasteiger partial charge in [-0.1, -0.05) is 52.7 Å². The van der Waals surface area contributed by atoms with Crippen molar-refractivity contribution in [3.8, 4) is 0 Å². The molecule has 0 aliphatic heterocycles. The summed E-state index contributed by atoms with van der Waals surface area (Å²) < 4.78 is 0.916. The van der Waals surface area contributed by atoms with Gasteiger partial charge in [-0.3, -0.25) is 4.79 Å². The average molecular weight is 367 g/mol. The minimum absolute atomic E-state index is 0.173. The number of hydrogen-bond acceptors (Lipinski definition) is 2. The van der Waals surface area contributed by atoms with Crippen molar-refractivity contribution in [3.05, 3.63) is 63.1 Å². The van der Waals surface area contributed by atoms with E-state index in [9.17, 15) is 4.79 Å². The molecule has 2 aromatic carbocycles. The molecule has 0 aromatic heterocycles. The minimum Gasteiger partial charge on any atom is -0.399 e. The van der Waals surface area contributed by atoms with Crippen LogP contribution in [0.15, 0.2) is 46.9 Å². The average Bonchev–Trinajstić information content (AvgIpc) is 2.42. The molecule has 0 fully saturated rings. The topological polar surface area (TPSA) is 43.1 Å². The monoisotopic (exact) mass is 365 g/mol. The number of nitrogen functional groups attached to an aromatic ring is 1. The maximum Gasteiger partial charge on any atom is 0.137 e. The Hall–Kier alpha value is -1.32. The van der Waals surface area contributed by atoms with Gasteiger partial charge in [-0.15, -0.1) is 0 Å². The third kappa shape index (κ3) is 4.58. The first kappa shape index (κ1) is 16.1. The lowest BCUT2D eigenvalue weighted by atomic mass is 9.93. The number of benzene rings is 2. The molecule has 0 spiro atoms. The molecule has 0 amide bonds. The zero-order valence-electron chi connectivity index (χ0n) is 11.8. The number of rotatable bonds is 5. The molecule has 0 saturated heterocycles. The lowest BCUT2D eigenvalue weighted by molar-refractivity contribution is -0.118. The summed E-state index contributed by atoms with van der Waals surface area (Å²) in [5.74, 6) is 0.357. The zero-order chi connectivity index (χ0) is 15.4. The largest absolute Gasteiger partial charge is 0.399 e. The van der Waals surface area contributed by atoms with Crippen LogP contribution in [0.25, 0.3) is 0 Å². The first-order valence-electron chi connectivity index (χ1n) is 6.77. The van der Waals surface area contributed by atoms with E-state index in [1.807, 2.05) is 49.4 Å². The fourth-order valence-corrected chi connectivity index (χ4v) is 2.97. The number of ketones is 1. The quantitative estimate of drug-likeness (QED) is 0.757. The summed E-state index contributed by atoms with van der Waals surface area (Å²) in [5, 5.41) is 0.623. The Morgan fingerprint density at radius 3 is 2.52 bits per heavy atom. The third-order valence-electron chi connectivity index (χ3n) is 3.44. The molecule has 21 heavy (non-hydrogen) atoms. The van der Waals surface area contributed by atoms with E-state index in [4.69, 9.17) is 17.3 Å². The van der Waals surface area contributed by atoms with E-state index < -0.39 is 0 Å². The molecule has 0 bridgehead atoms. The van der Waals surface area contributed by atoms with Crippen LogP contribution in [0.5, 0.6) is 0 Å². The van der Waals surface area contributed by atoms with E-state index in [1.165, 1.54) is 0 Å². The molecule has 0 aliphatic rings. The molecular weight excluding hydrogens is 350 g/mol. The lowest BCUT2D eigenvalue weighted by Gasteiger charge is -2.12. The first-order valence-corrected chi connectivity index (χ1v) is 7.94. The summed E-state index contributed by atoms with van der Waals surface area (Å²) in [4.78, 5) is 12.2. The van der Waals surface area contributed by atoms with Crippen molar-refractivity contribution in [2.24, 2.45) is 0 Å². The summed E-state index contributed by atoms with van der Waals surface area (Å²) in [5.41, 5.74) is 8.40. The first-order chi connectivity index (χ1) is 9.95. The highest BCUT2D eigenvalue weighted by atomic mass is 79.9. The highest BCUT2D eigenvalue weighted by Gasteiger charge is 2.13. The van der Waals surface area contributed by atoms with Crippen LogP contribution >= 0.6 is 27.5 Å². The fraction of sp³-hybridized carbons (Fsp3) is 0.235. The van der Waals surface area contributed by atoms with Gasteiger partial charge in [-0.25, -0.2) is 0 Å². The molecule has 2 aromatic rings. The molecule has 1 atom stereocenters. The number of anilines is 1. The van der Waals surface area contributed by atoms with Crippen molar-refractivity contribution in [2.45, 2.75) is 25.7 Å². The molecule has 1 unspecified atom stereocenters. The summed E-state index contributed by atoms with van der Waals surface area (Å²) >= 11 is 9.51. The number of carbonyl (C=O) groups is 1. The smallest absolute Gasteiger partial charge is 0.137 e.